The fourth-order valence-corrected chi connectivity index (χ4v) is 2.85. The summed E-state index contributed by atoms with van der Waals surface area (Å²) in [7, 11) is 2.02. The zero-order valence-electron chi connectivity index (χ0n) is 9.67. The maximum absolute atomic E-state index is 9.04. The Morgan fingerprint density at radius 2 is 2.17 bits per heavy atom. The van der Waals surface area contributed by atoms with Crippen molar-refractivity contribution < 1.29 is 28.5 Å². The quantitative estimate of drug-likeness (QED) is 0.416. The maximum Gasteiger partial charge on any atom is 0.246 e. The van der Waals surface area contributed by atoms with E-state index in [1.165, 1.54) is 4.88 Å². The zero-order chi connectivity index (χ0) is 11.8. The van der Waals surface area contributed by atoms with Gasteiger partial charge in [-0.05, 0) is 23.6 Å². The van der Waals surface area contributed by atoms with Crippen LogP contribution in [0.15, 0.2) is 42.0 Å². The van der Waals surface area contributed by atoms with Crippen LogP contribution in [0.4, 0.5) is 0 Å². The normalized spacial score (nSPS) is 10.0. The lowest BCUT2D eigenvalue weighted by atomic mass is 10.3. The van der Waals surface area contributed by atoms with Crippen molar-refractivity contribution in [1.29, 1.82) is 5.26 Å². The molecule has 0 unspecified atom stereocenters. The van der Waals surface area contributed by atoms with Gasteiger partial charge in [0.15, 0.2) is 6.20 Å². The van der Waals surface area contributed by atoms with Crippen molar-refractivity contribution in [2.45, 2.75) is 0 Å². The van der Waals surface area contributed by atoms with Crippen molar-refractivity contribution in [2.24, 2.45) is 7.05 Å². The number of thiophene rings is 1. The SMILES string of the molecule is C[n+]1ccn2c(C#N)ccc2c1-c1cccs1.[I-]. The number of aromatic nitrogens is 2. The molecule has 3 rings (SSSR count). The summed E-state index contributed by atoms with van der Waals surface area (Å²) in [5, 5.41) is 11.1. The smallest absolute Gasteiger partial charge is 0.246 e. The molecular weight excluding hydrogens is 357 g/mol. The molecule has 3 aromatic rings. The van der Waals surface area contributed by atoms with E-state index < -0.39 is 0 Å². The summed E-state index contributed by atoms with van der Waals surface area (Å²) in [4.78, 5) is 1.21. The van der Waals surface area contributed by atoms with Crippen LogP contribution in [0.25, 0.3) is 16.1 Å². The number of hydrogen-bond donors (Lipinski definition) is 0. The van der Waals surface area contributed by atoms with Crippen LogP contribution in [0, 0.1) is 11.3 Å². The van der Waals surface area contributed by atoms with Gasteiger partial charge in [0.25, 0.3) is 0 Å². The van der Waals surface area contributed by atoms with Gasteiger partial charge in [-0.3, -0.25) is 4.40 Å². The van der Waals surface area contributed by atoms with Crippen molar-refractivity contribution in [1.82, 2.24) is 4.40 Å². The van der Waals surface area contributed by atoms with Crippen molar-refractivity contribution in [3.05, 3.63) is 47.7 Å². The third-order valence-corrected chi connectivity index (χ3v) is 3.70. The van der Waals surface area contributed by atoms with Crippen molar-refractivity contribution in [3.63, 3.8) is 0 Å². The van der Waals surface area contributed by atoms with E-state index in [0.717, 1.165) is 11.2 Å². The number of rotatable bonds is 1. The lowest BCUT2D eigenvalue weighted by Gasteiger charge is -2.01. The highest BCUT2D eigenvalue weighted by Crippen LogP contribution is 2.26. The predicted molar refractivity (Wildman–Crippen MR) is 66.6 cm³/mol. The van der Waals surface area contributed by atoms with Gasteiger partial charge in [0.05, 0.1) is 6.20 Å². The standard InChI is InChI=1S/C13H10N3S.HI/c1-15-6-7-16-10(9-14)4-5-11(16)13(15)12-3-2-8-17-12;/h2-8H,1H3;1H/q+1;/p-1. The molecule has 5 heteroatoms. The van der Waals surface area contributed by atoms with Crippen LogP contribution in [0.1, 0.15) is 5.69 Å². The van der Waals surface area contributed by atoms with E-state index >= 15 is 0 Å². The summed E-state index contributed by atoms with van der Waals surface area (Å²) in [6.07, 6.45) is 3.90. The number of hydrogen-bond acceptors (Lipinski definition) is 2. The first-order valence-corrected chi connectivity index (χ1v) is 6.13. The van der Waals surface area contributed by atoms with E-state index in [-0.39, 0.29) is 24.0 Å². The lowest BCUT2D eigenvalue weighted by molar-refractivity contribution is -0.659. The first kappa shape index (κ1) is 13.1. The average Bonchev–Trinajstić information content (AvgIpc) is 2.96. The number of aryl methyl sites for hydroxylation is 1. The summed E-state index contributed by atoms with van der Waals surface area (Å²) in [6.45, 7) is 0. The minimum atomic E-state index is 0. The molecule has 0 radical (unpaired) electrons. The van der Waals surface area contributed by atoms with Crippen LogP contribution in [-0.4, -0.2) is 4.40 Å². The molecule has 0 amide bonds. The van der Waals surface area contributed by atoms with Gasteiger partial charge in [0.2, 0.25) is 5.69 Å². The van der Waals surface area contributed by atoms with Gasteiger partial charge < -0.3 is 24.0 Å². The van der Waals surface area contributed by atoms with Gasteiger partial charge in [-0.1, -0.05) is 6.07 Å². The van der Waals surface area contributed by atoms with E-state index in [1.54, 1.807) is 11.3 Å². The summed E-state index contributed by atoms with van der Waals surface area (Å²) < 4.78 is 4.01. The fraction of sp³-hybridized carbons (Fsp3) is 0.0769. The van der Waals surface area contributed by atoms with E-state index in [9.17, 15) is 0 Å². The van der Waals surface area contributed by atoms with E-state index in [1.807, 2.05) is 42.0 Å². The van der Waals surface area contributed by atoms with E-state index in [2.05, 4.69) is 22.1 Å². The van der Waals surface area contributed by atoms with Crippen LogP contribution < -0.4 is 28.5 Å². The molecular formula is C13H10IN3S. The van der Waals surface area contributed by atoms with E-state index in [0.29, 0.717) is 5.69 Å². The molecule has 0 aliphatic carbocycles. The Bertz CT molecular complexity index is 723. The minimum absolute atomic E-state index is 0. The molecule has 3 aromatic heterocycles. The first-order chi connectivity index (χ1) is 8.31. The third-order valence-electron chi connectivity index (χ3n) is 2.82. The molecule has 0 aliphatic rings. The number of nitriles is 1. The Hall–Kier alpha value is -1.39. The van der Waals surface area contributed by atoms with Crippen molar-refractivity contribution in [2.75, 3.05) is 0 Å². The van der Waals surface area contributed by atoms with Crippen LogP contribution in [0.2, 0.25) is 0 Å². The lowest BCUT2D eigenvalue weighted by Crippen LogP contribution is -3.00. The summed E-state index contributed by atoms with van der Waals surface area (Å²) in [5.41, 5.74) is 2.87. The molecule has 0 atom stereocenters. The molecule has 0 bridgehead atoms. The predicted octanol–water partition coefficient (Wildman–Crippen LogP) is -0.632. The summed E-state index contributed by atoms with van der Waals surface area (Å²) in [5.74, 6) is 0. The molecule has 0 N–H and O–H groups in total. The van der Waals surface area contributed by atoms with Crippen LogP contribution >= 0.6 is 11.3 Å². The summed E-state index contributed by atoms with van der Waals surface area (Å²) in [6, 6.07) is 10.2. The molecule has 3 nitrogen and oxygen atoms in total. The highest BCUT2D eigenvalue weighted by molar-refractivity contribution is 7.13. The second-order valence-corrected chi connectivity index (χ2v) is 4.77. The van der Waals surface area contributed by atoms with Crippen LogP contribution in [-0.2, 0) is 7.05 Å². The fourth-order valence-electron chi connectivity index (χ4n) is 2.03. The topological polar surface area (TPSA) is 32.1 Å². The Balaban J connectivity index is 0.00000120. The first-order valence-electron chi connectivity index (χ1n) is 5.25. The van der Waals surface area contributed by atoms with E-state index in [4.69, 9.17) is 5.26 Å². The minimum Gasteiger partial charge on any atom is -1.00 e. The maximum atomic E-state index is 9.04. The zero-order valence-corrected chi connectivity index (χ0v) is 12.6. The van der Waals surface area contributed by atoms with Gasteiger partial charge >= 0.3 is 0 Å². The largest absolute Gasteiger partial charge is 1.00 e. The second kappa shape index (κ2) is 5.08. The Morgan fingerprint density at radius 1 is 1.33 bits per heavy atom. The molecule has 0 aromatic carbocycles. The Kier molecular flexibility index (Phi) is 3.68. The number of halogens is 1. The average molecular weight is 367 g/mol. The van der Waals surface area contributed by atoms with Crippen molar-refractivity contribution >= 4 is 16.9 Å². The molecule has 0 fully saturated rings. The number of fused-ring (bicyclic) bond motifs is 1. The molecule has 0 saturated heterocycles. The molecule has 3 heterocycles. The van der Waals surface area contributed by atoms with Gasteiger partial charge in [-0.25, -0.2) is 0 Å². The third kappa shape index (κ3) is 1.91. The molecule has 90 valence electrons. The Labute approximate surface area is 126 Å². The molecule has 0 spiro atoms. The Morgan fingerprint density at radius 3 is 2.83 bits per heavy atom. The monoisotopic (exact) mass is 367 g/mol. The van der Waals surface area contributed by atoms with Crippen LogP contribution in [0.5, 0.6) is 0 Å². The number of nitrogens with zero attached hydrogens (tertiary/aromatic N) is 3. The highest BCUT2D eigenvalue weighted by Gasteiger charge is 2.17. The van der Waals surface area contributed by atoms with Crippen molar-refractivity contribution in [3.8, 4) is 16.6 Å². The van der Waals surface area contributed by atoms with Gasteiger partial charge in [-0.2, -0.15) is 9.83 Å². The second-order valence-electron chi connectivity index (χ2n) is 3.82. The molecule has 18 heavy (non-hydrogen) atoms. The van der Waals surface area contributed by atoms with Gasteiger partial charge in [-0.15, -0.1) is 11.3 Å². The molecule has 0 aliphatic heterocycles. The van der Waals surface area contributed by atoms with Gasteiger partial charge in [0, 0.05) is 0 Å². The van der Waals surface area contributed by atoms with Gasteiger partial charge in [0.1, 0.15) is 29.2 Å². The highest BCUT2D eigenvalue weighted by atomic mass is 127. The molecule has 0 saturated carbocycles. The summed E-state index contributed by atoms with van der Waals surface area (Å²) >= 11 is 1.70. The van der Waals surface area contributed by atoms with Crippen LogP contribution in [0.3, 0.4) is 0 Å².